The first kappa shape index (κ1) is 51.6. The smallest absolute Gasteiger partial charge is 0.119 e. The van der Waals surface area contributed by atoms with Crippen LogP contribution in [0.25, 0.3) is 35.1 Å². The van der Waals surface area contributed by atoms with Crippen LogP contribution < -0.4 is 19.4 Å². The van der Waals surface area contributed by atoms with E-state index in [1.165, 1.54) is 47.9 Å². The maximum absolute atomic E-state index is 5.56. The van der Waals surface area contributed by atoms with E-state index in [1.54, 1.807) is 7.11 Å². The molecule has 10 aromatic carbocycles. The van der Waals surface area contributed by atoms with Gasteiger partial charge in [0, 0.05) is 51.2 Å². The van der Waals surface area contributed by atoms with Crippen molar-refractivity contribution >= 4 is 86.3 Å². The Morgan fingerprint density at radius 1 is 0.312 bits per heavy atom. The van der Waals surface area contributed by atoms with Crippen LogP contribution in [0.2, 0.25) is 0 Å². The molecular weight excluding hydrogens is 935 g/mol. The molecule has 382 valence electrons. The summed E-state index contributed by atoms with van der Waals surface area (Å²) in [6, 6.07) is 84.0. The van der Waals surface area contributed by atoms with E-state index < -0.39 is 0 Å². The second-order valence-electron chi connectivity index (χ2n) is 20.1. The molecule has 0 heterocycles. The highest BCUT2D eigenvalue weighted by molar-refractivity contribution is 5.91. The molecule has 4 nitrogen and oxygen atoms in total. The van der Waals surface area contributed by atoms with E-state index in [1.807, 2.05) is 6.07 Å². The molecule has 0 saturated carbocycles. The van der Waals surface area contributed by atoms with Gasteiger partial charge in [-0.3, -0.25) is 0 Å². The molecule has 0 spiro atoms. The van der Waals surface area contributed by atoms with Crippen molar-refractivity contribution in [1.29, 1.82) is 0 Å². The number of methoxy groups -OCH3 is 1. The zero-order chi connectivity index (χ0) is 52.9. The average molecular weight is 1000 g/mol. The van der Waals surface area contributed by atoms with Crippen LogP contribution in [0.4, 0.5) is 51.2 Å². The molecule has 0 saturated heterocycles. The molecule has 0 N–H and O–H groups in total. The number of rotatable bonds is 20. The summed E-state index contributed by atoms with van der Waals surface area (Å²) in [5.41, 5.74) is 19.9. The van der Waals surface area contributed by atoms with Crippen LogP contribution >= 0.6 is 0 Å². The highest BCUT2D eigenvalue weighted by Crippen LogP contribution is 2.39. The van der Waals surface area contributed by atoms with Crippen molar-refractivity contribution in [1.82, 2.24) is 0 Å². The summed E-state index contributed by atoms with van der Waals surface area (Å²) in [6.07, 6.45) is 15.8. The second kappa shape index (κ2) is 24.7. The van der Waals surface area contributed by atoms with Crippen molar-refractivity contribution < 1.29 is 4.74 Å². The van der Waals surface area contributed by atoms with Gasteiger partial charge in [0.15, 0.2) is 0 Å². The Bertz CT molecular complexity index is 3340. The summed E-state index contributed by atoms with van der Waals surface area (Å²) in [4.78, 5) is 7.01. The van der Waals surface area contributed by atoms with Gasteiger partial charge >= 0.3 is 0 Å². The van der Waals surface area contributed by atoms with Crippen molar-refractivity contribution in [2.75, 3.05) is 21.8 Å². The summed E-state index contributed by atoms with van der Waals surface area (Å²) >= 11 is 0. The Balaban J connectivity index is 0.874. The van der Waals surface area contributed by atoms with E-state index in [0.717, 1.165) is 103 Å². The predicted octanol–water partition coefficient (Wildman–Crippen LogP) is 20.9. The van der Waals surface area contributed by atoms with E-state index in [0.29, 0.717) is 0 Å². The van der Waals surface area contributed by atoms with Gasteiger partial charge in [-0.1, -0.05) is 171 Å². The largest absolute Gasteiger partial charge is 0.497 e. The van der Waals surface area contributed by atoms with Crippen LogP contribution in [0.15, 0.2) is 231 Å². The first-order valence-corrected chi connectivity index (χ1v) is 27.4. The van der Waals surface area contributed by atoms with Crippen LogP contribution in [-0.4, -0.2) is 7.11 Å². The van der Waals surface area contributed by atoms with E-state index in [4.69, 9.17) is 4.74 Å². The minimum absolute atomic E-state index is 0.849. The molecule has 0 unspecified atom stereocenters. The van der Waals surface area contributed by atoms with Crippen molar-refractivity contribution in [3.63, 3.8) is 0 Å². The highest BCUT2D eigenvalue weighted by Gasteiger charge is 2.16. The lowest BCUT2D eigenvalue weighted by molar-refractivity contribution is 0.415. The molecule has 0 radical (unpaired) electrons. The molecule has 0 aliphatic carbocycles. The molecule has 10 rings (SSSR count). The molecule has 77 heavy (non-hydrogen) atoms. The molecule has 0 aliphatic rings. The minimum atomic E-state index is 0.849. The van der Waals surface area contributed by atoms with Gasteiger partial charge < -0.3 is 19.4 Å². The third-order valence-corrected chi connectivity index (χ3v) is 14.4. The molecule has 0 bridgehead atoms. The van der Waals surface area contributed by atoms with Crippen LogP contribution in [0.1, 0.15) is 84.0 Å². The molecule has 10 aromatic rings. The SMILES string of the molecule is CCCCc1ccc(N(c2ccc(C)cc2)c2ccc(C=Cc3ccc(N(c4ccc(C=Cc5ccc(N(c6ccc(C)cc6)c6ccc(CCCC)cc6)cc5)cc4)c4ccc5cc(OC)ccc5c4)cc3)cc2)cc1. The topological polar surface area (TPSA) is 19.0 Å². The van der Waals surface area contributed by atoms with Crippen molar-refractivity contribution in [3.05, 3.63) is 275 Å². The number of ether oxygens (including phenoxy) is 1. The standard InChI is InChI=1S/C73H69N3O/c1-6-8-10-56-20-38-66(39-21-56)74(64-34-12-54(3)13-35-64)68-42-24-58(25-43-68)16-18-60-28-46-70(47-29-60)76(72-50-32-63-53-73(77-5)51-33-62(63)52-72)71-48-30-61(31-49-71)19-17-59-26-44-69(45-27-59)75(65-36-14-55(4)15-37-65)67-40-22-57(23-41-67)11-9-7-2/h12-53H,6-11H2,1-5H3. The molecule has 0 aliphatic heterocycles. The number of benzene rings is 10. The monoisotopic (exact) mass is 1000 g/mol. The molecule has 0 fully saturated rings. The maximum Gasteiger partial charge on any atom is 0.119 e. The van der Waals surface area contributed by atoms with Gasteiger partial charge in [0.25, 0.3) is 0 Å². The van der Waals surface area contributed by atoms with Crippen molar-refractivity contribution in [3.8, 4) is 5.75 Å². The van der Waals surface area contributed by atoms with Crippen molar-refractivity contribution in [2.24, 2.45) is 0 Å². The molecule has 4 heteroatoms. The second-order valence-corrected chi connectivity index (χ2v) is 20.1. The Hall–Kier alpha value is -8.86. The number of aryl methyl sites for hydroxylation is 4. The molecule has 0 amide bonds. The van der Waals surface area contributed by atoms with Crippen LogP contribution in [0.5, 0.6) is 5.75 Å². The third kappa shape index (κ3) is 12.8. The Morgan fingerprint density at radius 3 is 0.909 bits per heavy atom. The number of unbranched alkanes of at least 4 members (excludes halogenated alkanes) is 2. The Kier molecular flexibility index (Phi) is 16.5. The van der Waals surface area contributed by atoms with Gasteiger partial charge in [0.1, 0.15) is 5.75 Å². The molecule has 0 atom stereocenters. The van der Waals surface area contributed by atoms with Gasteiger partial charge in [-0.25, -0.2) is 0 Å². The first-order chi connectivity index (χ1) is 37.8. The average Bonchev–Trinajstić information content (AvgIpc) is 3.49. The summed E-state index contributed by atoms with van der Waals surface area (Å²) in [5.74, 6) is 0.849. The van der Waals surface area contributed by atoms with Crippen LogP contribution in [0.3, 0.4) is 0 Å². The number of hydrogen-bond donors (Lipinski definition) is 0. The van der Waals surface area contributed by atoms with Gasteiger partial charge in [0.2, 0.25) is 0 Å². The van der Waals surface area contributed by atoms with Crippen LogP contribution in [0, 0.1) is 13.8 Å². The predicted molar refractivity (Wildman–Crippen MR) is 332 cm³/mol. The van der Waals surface area contributed by atoms with Gasteiger partial charge in [-0.05, 0) is 205 Å². The Labute approximate surface area is 457 Å². The van der Waals surface area contributed by atoms with E-state index in [2.05, 4.69) is 291 Å². The third-order valence-electron chi connectivity index (χ3n) is 14.4. The van der Waals surface area contributed by atoms with Crippen molar-refractivity contribution in [2.45, 2.75) is 66.2 Å². The zero-order valence-electron chi connectivity index (χ0n) is 45.2. The van der Waals surface area contributed by atoms with Crippen LogP contribution in [-0.2, 0) is 12.8 Å². The minimum Gasteiger partial charge on any atom is -0.497 e. The van der Waals surface area contributed by atoms with E-state index in [9.17, 15) is 0 Å². The lowest BCUT2D eigenvalue weighted by Gasteiger charge is -2.26. The number of nitrogens with zero attached hydrogens (tertiary/aromatic N) is 3. The quantitative estimate of drug-likeness (QED) is 0.0708. The number of hydrogen-bond acceptors (Lipinski definition) is 4. The van der Waals surface area contributed by atoms with Gasteiger partial charge in [0.05, 0.1) is 7.11 Å². The normalized spacial score (nSPS) is 11.4. The fourth-order valence-corrected chi connectivity index (χ4v) is 9.91. The molecule has 0 aromatic heterocycles. The maximum atomic E-state index is 5.56. The van der Waals surface area contributed by atoms with Gasteiger partial charge in [-0.2, -0.15) is 0 Å². The lowest BCUT2D eigenvalue weighted by Crippen LogP contribution is -2.10. The Morgan fingerprint density at radius 2 is 0.584 bits per heavy atom. The lowest BCUT2D eigenvalue weighted by atomic mass is 10.1. The fourth-order valence-electron chi connectivity index (χ4n) is 9.91. The zero-order valence-corrected chi connectivity index (χ0v) is 45.2. The summed E-state index contributed by atoms with van der Waals surface area (Å²) in [7, 11) is 1.71. The fraction of sp³-hybridized carbons (Fsp3) is 0.151. The first-order valence-electron chi connectivity index (χ1n) is 27.4. The number of fused-ring (bicyclic) bond motifs is 1. The summed E-state index contributed by atoms with van der Waals surface area (Å²) < 4.78 is 5.56. The van der Waals surface area contributed by atoms with E-state index >= 15 is 0 Å². The molecular formula is C73H69N3O. The highest BCUT2D eigenvalue weighted by atomic mass is 16.5. The summed E-state index contributed by atoms with van der Waals surface area (Å²) in [5, 5.41) is 2.28. The summed E-state index contributed by atoms with van der Waals surface area (Å²) in [6.45, 7) is 8.77. The number of anilines is 9. The van der Waals surface area contributed by atoms with E-state index in [-0.39, 0.29) is 0 Å². The van der Waals surface area contributed by atoms with Gasteiger partial charge in [-0.15, -0.1) is 0 Å².